The van der Waals surface area contributed by atoms with Crippen LogP contribution < -0.4 is 5.32 Å². The predicted octanol–water partition coefficient (Wildman–Crippen LogP) is 4.14. The lowest BCUT2D eigenvalue weighted by Gasteiger charge is -2.36. The number of carbonyl (C=O) groups is 1. The lowest BCUT2D eigenvalue weighted by molar-refractivity contribution is -0.122. The standard InChI is InChI=1S/C24H26FN5O/c1-15-12-27-21(14-26-15)23-28-13-17-19(10-24(2,3)11-20(17)30-23)29-22(31)9-8-16-6-4-5-7-18(16)25/h4-7,12-14,19H,8-11H2,1-3H3,(H,29,31). The van der Waals surface area contributed by atoms with Crippen LogP contribution >= 0.6 is 0 Å². The van der Waals surface area contributed by atoms with Crippen LogP contribution in [0.5, 0.6) is 0 Å². The number of hydrogen-bond donors (Lipinski definition) is 1. The fourth-order valence-corrected chi connectivity index (χ4v) is 4.02. The van der Waals surface area contributed by atoms with Crippen LogP contribution in [0.3, 0.4) is 0 Å². The van der Waals surface area contributed by atoms with E-state index in [0.717, 1.165) is 29.8 Å². The van der Waals surface area contributed by atoms with Gasteiger partial charge in [-0.15, -0.1) is 0 Å². The van der Waals surface area contributed by atoms with E-state index in [1.807, 2.05) is 6.92 Å². The van der Waals surface area contributed by atoms with Crippen molar-refractivity contribution in [3.63, 3.8) is 0 Å². The predicted molar refractivity (Wildman–Crippen MR) is 116 cm³/mol. The van der Waals surface area contributed by atoms with Crippen LogP contribution in [0.2, 0.25) is 0 Å². The van der Waals surface area contributed by atoms with Crippen molar-refractivity contribution in [2.75, 3.05) is 0 Å². The van der Waals surface area contributed by atoms with E-state index in [4.69, 9.17) is 4.98 Å². The molecule has 1 aromatic carbocycles. The number of fused-ring (bicyclic) bond motifs is 1. The summed E-state index contributed by atoms with van der Waals surface area (Å²) in [5.74, 6) is 0.151. The molecule has 0 aliphatic heterocycles. The first-order valence-corrected chi connectivity index (χ1v) is 10.5. The maximum Gasteiger partial charge on any atom is 0.220 e. The second-order valence-electron chi connectivity index (χ2n) is 8.90. The van der Waals surface area contributed by atoms with Crippen LogP contribution in [0.4, 0.5) is 4.39 Å². The van der Waals surface area contributed by atoms with Crippen LogP contribution in [0.15, 0.2) is 42.9 Å². The molecule has 1 aliphatic carbocycles. The highest BCUT2D eigenvalue weighted by Crippen LogP contribution is 2.40. The van der Waals surface area contributed by atoms with Crippen LogP contribution in [-0.4, -0.2) is 25.8 Å². The number of rotatable bonds is 5. The van der Waals surface area contributed by atoms with Crippen molar-refractivity contribution in [1.82, 2.24) is 25.3 Å². The summed E-state index contributed by atoms with van der Waals surface area (Å²) in [4.78, 5) is 30.5. The van der Waals surface area contributed by atoms with Crippen molar-refractivity contribution in [2.45, 2.75) is 52.5 Å². The molecule has 160 valence electrons. The van der Waals surface area contributed by atoms with Gasteiger partial charge in [0.15, 0.2) is 5.82 Å². The molecule has 1 unspecified atom stereocenters. The Balaban J connectivity index is 1.52. The third-order valence-electron chi connectivity index (χ3n) is 5.60. The zero-order valence-corrected chi connectivity index (χ0v) is 18.0. The van der Waals surface area contributed by atoms with Gasteiger partial charge in [-0.3, -0.25) is 9.78 Å². The Kier molecular flexibility index (Phi) is 5.76. The molecular formula is C24H26FN5O. The number of aromatic nitrogens is 4. The lowest BCUT2D eigenvalue weighted by atomic mass is 9.74. The second-order valence-corrected chi connectivity index (χ2v) is 8.90. The van der Waals surface area contributed by atoms with Crippen LogP contribution in [0, 0.1) is 18.2 Å². The summed E-state index contributed by atoms with van der Waals surface area (Å²) in [5.41, 5.74) is 3.84. The number of aryl methyl sites for hydroxylation is 2. The monoisotopic (exact) mass is 419 g/mol. The molecular weight excluding hydrogens is 393 g/mol. The van der Waals surface area contributed by atoms with Crippen LogP contribution in [-0.2, 0) is 17.6 Å². The molecule has 1 N–H and O–H groups in total. The summed E-state index contributed by atoms with van der Waals surface area (Å²) >= 11 is 0. The summed E-state index contributed by atoms with van der Waals surface area (Å²) in [5, 5.41) is 3.12. The van der Waals surface area contributed by atoms with Gasteiger partial charge in [-0.2, -0.15) is 0 Å². The van der Waals surface area contributed by atoms with Crippen molar-refractivity contribution in [1.29, 1.82) is 0 Å². The Morgan fingerprint density at radius 1 is 1.16 bits per heavy atom. The summed E-state index contributed by atoms with van der Waals surface area (Å²) in [6.07, 6.45) is 7.33. The molecule has 0 saturated carbocycles. The smallest absolute Gasteiger partial charge is 0.220 e. The number of nitrogens with zero attached hydrogens (tertiary/aromatic N) is 4. The van der Waals surface area contributed by atoms with Gasteiger partial charge in [0.1, 0.15) is 11.5 Å². The van der Waals surface area contributed by atoms with Crippen molar-refractivity contribution < 1.29 is 9.18 Å². The minimum absolute atomic E-state index is 0.0267. The van der Waals surface area contributed by atoms with E-state index in [-0.39, 0.29) is 29.6 Å². The molecule has 1 amide bonds. The minimum atomic E-state index is -0.278. The second kappa shape index (κ2) is 8.49. The van der Waals surface area contributed by atoms with Gasteiger partial charge in [0, 0.05) is 24.4 Å². The van der Waals surface area contributed by atoms with E-state index in [0.29, 0.717) is 23.5 Å². The number of hydrogen-bond acceptors (Lipinski definition) is 5. The molecule has 0 fully saturated rings. The molecule has 2 aromatic heterocycles. The molecule has 1 atom stereocenters. The number of carbonyl (C=O) groups excluding carboxylic acids is 1. The Labute approximate surface area is 181 Å². The van der Waals surface area contributed by atoms with Crippen molar-refractivity contribution >= 4 is 5.91 Å². The Morgan fingerprint density at radius 2 is 1.97 bits per heavy atom. The molecule has 0 radical (unpaired) electrons. The molecule has 0 saturated heterocycles. The van der Waals surface area contributed by atoms with Crippen LogP contribution in [0.25, 0.3) is 11.5 Å². The Hall–Kier alpha value is -3.22. The average molecular weight is 420 g/mol. The maximum absolute atomic E-state index is 13.8. The molecule has 3 aromatic rings. The number of amides is 1. The third-order valence-corrected chi connectivity index (χ3v) is 5.60. The lowest BCUT2D eigenvalue weighted by Crippen LogP contribution is -2.37. The van der Waals surface area contributed by atoms with E-state index in [1.54, 1.807) is 36.8 Å². The number of halogens is 1. The van der Waals surface area contributed by atoms with Gasteiger partial charge in [0.2, 0.25) is 5.91 Å². The maximum atomic E-state index is 13.8. The van der Waals surface area contributed by atoms with Crippen molar-refractivity contribution in [3.8, 4) is 11.5 Å². The first-order valence-electron chi connectivity index (χ1n) is 10.5. The first kappa shape index (κ1) is 21.0. The highest BCUT2D eigenvalue weighted by molar-refractivity contribution is 5.76. The van der Waals surface area contributed by atoms with Gasteiger partial charge in [-0.1, -0.05) is 32.0 Å². The zero-order chi connectivity index (χ0) is 22.0. The quantitative estimate of drug-likeness (QED) is 0.672. The van der Waals surface area contributed by atoms with Gasteiger partial charge < -0.3 is 5.32 Å². The van der Waals surface area contributed by atoms with Gasteiger partial charge in [-0.25, -0.2) is 19.3 Å². The fraction of sp³-hybridized carbons (Fsp3) is 0.375. The van der Waals surface area contributed by atoms with E-state index < -0.39 is 0 Å². The summed E-state index contributed by atoms with van der Waals surface area (Å²) < 4.78 is 13.8. The fourth-order valence-electron chi connectivity index (χ4n) is 4.02. The third kappa shape index (κ3) is 4.93. The SMILES string of the molecule is Cc1cnc(-c2ncc3c(n2)CC(C)(C)CC3NC(=O)CCc2ccccc2F)cn1. The number of benzene rings is 1. The van der Waals surface area contributed by atoms with Gasteiger partial charge in [0.25, 0.3) is 0 Å². The highest BCUT2D eigenvalue weighted by atomic mass is 19.1. The number of nitrogens with one attached hydrogen (secondary N) is 1. The highest BCUT2D eigenvalue weighted by Gasteiger charge is 2.34. The summed E-state index contributed by atoms with van der Waals surface area (Å²) in [6.45, 7) is 6.22. The van der Waals surface area contributed by atoms with Gasteiger partial charge in [0.05, 0.1) is 23.6 Å². The largest absolute Gasteiger partial charge is 0.349 e. The normalized spacial score (nSPS) is 17.1. The van der Waals surface area contributed by atoms with Crippen LogP contribution in [0.1, 0.15) is 55.2 Å². The zero-order valence-electron chi connectivity index (χ0n) is 18.0. The van der Waals surface area contributed by atoms with Gasteiger partial charge in [-0.05, 0) is 43.2 Å². The average Bonchev–Trinajstić information content (AvgIpc) is 2.72. The minimum Gasteiger partial charge on any atom is -0.349 e. The van der Waals surface area contributed by atoms with Crippen molar-refractivity contribution in [3.05, 3.63) is 71.2 Å². The Morgan fingerprint density at radius 3 is 2.71 bits per heavy atom. The molecule has 0 bridgehead atoms. The molecule has 0 spiro atoms. The molecule has 6 nitrogen and oxygen atoms in total. The molecule has 2 heterocycles. The van der Waals surface area contributed by atoms with E-state index in [2.05, 4.69) is 34.1 Å². The van der Waals surface area contributed by atoms with Crippen molar-refractivity contribution in [2.24, 2.45) is 5.41 Å². The van der Waals surface area contributed by atoms with E-state index in [1.165, 1.54) is 6.07 Å². The molecule has 7 heteroatoms. The first-order chi connectivity index (χ1) is 14.8. The molecule has 31 heavy (non-hydrogen) atoms. The topological polar surface area (TPSA) is 80.7 Å². The summed E-state index contributed by atoms with van der Waals surface area (Å²) in [7, 11) is 0. The van der Waals surface area contributed by atoms with E-state index in [9.17, 15) is 9.18 Å². The summed E-state index contributed by atoms with van der Waals surface area (Å²) in [6, 6.07) is 6.39. The molecule has 1 aliphatic rings. The van der Waals surface area contributed by atoms with E-state index >= 15 is 0 Å². The molecule has 4 rings (SSSR count). The van der Waals surface area contributed by atoms with Gasteiger partial charge >= 0.3 is 0 Å². The Bertz CT molecular complexity index is 1100.